The Morgan fingerprint density at radius 2 is 2.09 bits per heavy atom. The van der Waals surface area contributed by atoms with Crippen LogP contribution >= 0.6 is 0 Å². The van der Waals surface area contributed by atoms with Crippen LogP contribution in [0.3, 0.4) is 0 Å². The molecule has 2 atom stereocenters. The molecule has 2 unspecified atom stereocenters. The molecule has 1 aliphatic rings. The molecule has 1 aromatic rings. The van der Waals surface area contributed by atoms with Crippen LogP contribution in [0, 0.1) is 17.7 Å². The molecule has 0 aliphatic carbocycles. The molecule has 1 aromatic carbocycles. The summed E-state index contributed by atoms with van der Waals surface area (Å²) in [7, 11) is 1.51. The first-order valence-corrected chi connectivity index (χ1v) is 8.35. The van der Waals surface area contributed by atoms with Gasteiger partial charge in [-0.15, -0.1) is 0 Å². The molecule has 0 saturated carbocycles. The van der Waals surface area contributed by atoms with Gasteiger partial charge in [-0.1, -0.05) is 13.0 Å². The van der Waals surface area contributed by atoms with Gasteiger partial charge in [0.25, 0.3) is 0 Å². The van der Waals surface area contributed by atoms with Gasteiger partial charge in [0, 0.05) is 6.42 Å². The number of piperidine rings is 1. The first-order valence-electron chi connectivity index (χ1n) is 8.35. The summed E-state index contributed by atoms with van der Waals surface area (Å²) in [6, 6.07) is 4.28. The van der Waals surface area contributed by atoms with Gasteiger partial charge in [0.2, 0.25) is 5.91 Å². The van der Waals surface area contributed by atoms with E-state index in [1.54, 1.807) is 19.1 Å². The third-order valence-corrected chi connectivity index (χ3v) is 4.74. The molecule has 0 radical (unpaired) electrons. The van der Waals surface area contributed by atoms with Crippen molar-refractivity contribution in [3.05, 3.63) is 29.6 Å². The predicted molar refractivity (Wildman–Crippen MR) is 88.9 cm³/mol. The summed E-state index contributed by atoms with van der Waals surface area (Å²) in [4.78, 5) is 12.3. The smallest absolute Gasteiger partial charge is 0.220 e. The Morgan fingerprint density at radius 1 is 1.39 bits per heavy atom. The lowest BCUT2D eigenvalue weighted by Gasteiger charge is -2.28. The van der Waals surface area contributed by atoms with Crippen molar-refractivity contribution in [2.24, 2.45) is 11.8 Å². The molecule has 0 spiro atoms. The number of carbonyl (C=O) groups is 1. The fourth-order valence-corrected chi connectivity index (χ4v) is 3.36. The van der Waals surface area contributed by atoms with E-state index in [0.29, 0.717) is 29.6 Å². The molecule has 128 valence electrons. The molecule has 1 amide bonds. The number of benzene rings is 1. The third kappa shape index (κ3) is 4.67. The van der Waals surface area contributed by atoms with Gasteiger partial charge in [0.15, 0.2) is 0 Å². The summed E-state index contributed by atoms with van der Waals surface area (Å²) < 4.78 is 19.3. The average molecular weight is 322 g/mol. The molecule has 0 bridgehead atoms. The normalized spacial score (nSPS) is 18.3. The molecule has 1 fully saturated rings. The Hall–Kier alpha value is -1.62. The van der Waals surface area contributed by atoms with Gasteiger partial charge in [-0.05, 0) is 56.8 Å². The number of nitrogens with one attached hydrogen (secondary N) is 2. The van der Waals surface area contributed by atoms with Crippen molar-refractivity contribution in [2.75, 3.05) is 20.2 Å². The average Bonchev–Trinajstić information content (AvgIpc) is 2.54. The highest BCUT2D eigenvalue weighted by atomic mass is 19.1. The molecule has 1 aliphatic heterocycles. The van der Waals surface area contributed by atoms with Crippen LogP contribution in [-0.2, 0) is 4.79 Å². The first-order chi connectivity index (χ1) is 11.0. The first kappa shape index (κ1) is 17.7. The Morgan fingerprint density at radius 3 is 2.74 bits per heavy atom. The maximum absolute atomic E-state index is 14.1. The molecule has 0 aromatic heterocycles. The fraction of sp³-hybridized carbons (Fsp3) is 0.611. The maximum atomic E-state index is 14.1. The van der Waals surface area contributed by atoms with Crippen molar-refractivity contribution in [1.29, 1.82) is 0 Å². The highest BCUT2D eigenvalue weighted by Crippen LogP contribution is 2.28. The predicted octanol–water partition coefficient (Wildman–Crippen LogP) is 3.04. The van der Waals surface area contributed by atoms with E-state index >= 15 is 0 Å². The minimum Gasteiger partial charge on any atom is -0.496 e. The van der Waals surface area contributed by atoms with Gasteiger partial charge < -0.3 is 15.4 Å². The van der Waals surface area contributed by atoms with Crippen molar-refractivity contribution < 1.29 is 13.9 Å². The van der Waals surface area contributed by atoms with Gasteiger partial charge >= 0.3 is 0 Å². The second kappa shape index (κ2) is 8.29. The van der Waals surface area contributed by atoms with E-state index < -0.39 is 6.04 Å². The SMILES string of the molecule is COc1cccc(F)c1C(C)NC(=O)CC(C)C1CCNCC1. The van der Waals surface area contributed by atoms with Crippen molar-refractivity contribution in [1.82, 2.24) is 10.6 Å². The molecule has 2 N–H and O–H groups in total. The maximum Gasteiger partial charge on any atom is 0.220 e. The zero-order chi connectivity index (χ0) is 16.8. The van der Waals surface area contributed by atoms with Crippen molar-refractivity contribution in [3.8, 4) is 5.75 Å². The van der Waals surface area contributed by atoms with Gasteiger partial charge in [-0.3, -0.25) is 4.79 Å². The lowest BCUT2D eigenvalue weighted by Crippen LogP contribution is -2.34. The third-order valence-electron chi connectivity index (χ3n) is 4.74. The Balaban J connectivity index is 1.94. The van der Waals surface area contributed by atoms with Gasteiger partial charge in [-0.25, -0.2) is 4.39 Å². The summed E-state index contributed by atoms with van der Waals surface area (Å²) in [5.74, 6) is 0.994. The van der Waals surface area contributed by atoms with Crippen LogP contribution in [0.15, 0.2) is 18.2 Å². The Bertz CT molecular complexity index is 530. The summed E-state index contributed by atoms with van der Waals surface area (Å²) in [5.41, 5.74) is 0.401. The van der Waals surface area contributed by atoms with Crippen LogP contribution in [0.4, 0.5) is 4.39 Å². The largest absolute Gasteiger partial charge is 0.496 e. The molecular weight excluding hydrogens is 295 g/mol. The van der Waals surface area contributed by atoms with Crippen molar-refractivity contribution in [2.45, 2.75) is 39.2 Å². The Kier molecular flexibility index (Phi) is 6.39. The fourth-order valence-electron chi connectivity index (χ4n) is 3.36. The van der Waals surface area contributed by atoms with Crippen LogP contribution < -0.4 is 15.4 Å². The van der Waals surface area contributed by atoms with Crippen LogP contribution in [0.5, 0.6) is 5.75 Å². The highest BCUT2D eigenvalue weighted by molar-refractivity contribution is 5.76. The molecule has 23 heavy (non-hydrogen) atoms. The molecule has 2 rings (SSSR count). The number of halogens is 1. The van der Waals surface area contributed by atoms with Gasteiger partial charge in [0.05, 0.1) is 18.7 Å². The summed E-state index contributed by atoms with van der Waals surface area (Å²) in [5, 5.41) is 6.25. The van der Waals surface area contributed by atoms with Crippen LogP contribution in [0.2, 0.25) is 0 Å². The van der Waals surface area contributed by atoms with E-state index in [1.165, 1.54) is 13.2 Å². The van der Waals surface area contributed by atoms with E-state index in [0.717, 1.165) is 25.9 Å². The van der Waals surface area contributed by atoms with Crippen LogP contribution in [0.25, 0.3) is 0 Å². The van der Waals surface area contributed by atoms with E-state index in [9.17, 15) is 9.18 Å². The van der Waals surface area contributed by atoms with E-state index in [-0.39, 0.29) is 11.7 Å². The molecular formula is C18H27FN2O2. The molecule has 1 heterocycles. The number of amides is 1. The number of hydrogen-bond donors (Lipinski definition) is 2. The second-order valence-corrected chi connectivity index (χ2v) is 6.41. The van der Waals surface area contributed by atoms with E-state index in [2.05, 4.69) is 17.6 Å². The van der Waals surface area contributed by atoms with E-state index in [4.69, 9.17) is 4.74 Å². The van der Waals surface area contributed by atoms with Crippen LogP contribution in [-0.4, -0.2) is 26.1 Å². The molecule has 4 nitrogen and oxygen atoms in total. The van der Waals surface area contributed by atoms with Crippen molar-refractivity contribution in [3.63, 3.8) is 0 Å². The zero-order valence-corrected chi connectivity index (χ0v) is 14.2. The van der Waals surface area contributed by atoms with E-state index in [1.807, 2.05) is 0 Å². The summed E-state index contributed by atoms with van der Waals surface area (Å²) in [6.07, 6.45) is 2.71. The second-order valence-electron chi connectivity index (χ2n) is 6.41. The highest BCUT2D eigenvalue weighted by Gasteiger charge is 2.24. The lowest BCUT2D eigenvalue weighted by atomic mass is 9.84. The molecule has 1 saturated heterocycles. The minimum atomic E-state index is -0.418. The lowest BCUT2D eigenvalue weighted by molar-refractivity contribution is -0.123. The number of rotatable bonds is 6. The number of methoxy groups -OCH3 is 1. The zero-order valence-electron chi connectivity index (χ0n) is 14.2. The summed E-state index contributed by atoms with van der Waals surface area (Å²) in [6.45, 7) is 5.97. The topological polar surface area (TPSA) is 50.4 Å². The molecule has 5 heteroatoms. The quantitative estimate of drug-likeness (QED) is 0.846. The van der Waals surface area contributed by atoms with Gasteiger partial charge in [-0.2, -0.15) is 0 Å². The standard InChI is InChI=1S/C18H27FN2O2/c1-12(14-7-9-20-10-8-14)11-17(22)21-13(2)18-15(19)5-4-6-16(18)23-3/h4-6,12-14,20H,7-11H2,1-3H3,(H,21,22). The minimum absolute atomic E-state index is 0.0335. The number of carbonyl (C=O) groups excluding carboxylic acids is 1. The number of hydrogen-bond acceptors (Lipinski definition) is 3. The van der Waals surface area contributed by atoms with Crippen molar-refractivity contribution >= 4 is 5.91 Å². The van der Waals surface area contributed by atoms with Gasteiger partial charge in [0.1, 0.15) is 11.6 Å². The van der Waals surface area contributed by atoms with Crippen LogP contribution in [0.1, 0.15) is 44.7 Å². The monoisotopic (exact) mass is 322 g/mol. The Labute approximate surface area is 137 Å². The summed E-state index contributed by atoms with van der Waals surface area (Å²) >= 11 is 0. The number of ether oxygens (including phenoxy) is 1.